The summed E-state index contributed by atoms with van der Waals surface area (Å²) in [6.45, 7) is 4.73. The van der Waals surface area contributed by atoms with Gasteiger partial charge in [0, 0.05) is 23.6 Å². The monoisotopic (exact) mass is 307 g/mol. The summed E-state index contributed by atoms with van der Waals surface area (Å²) in [5.74, 6) is -0.247. The Hall–Kier alpha value is -1.49. The molecule has 1 atom stereocenters. The molecule has 21 heavy (non-hydrogen) atoms. The molecule has 1 aliphatic heterocycles. The fourth-order valence-corrected chi connectivity index (χ4v) is 3.46. The maximum Gasteiger partial charge on any atom is 0.326 e. The summed E-state index contributed by atoms with van der Waals surface area (Å²) in [6.07, 6.45) is 1.75. The number of benzene rings is 1. The first-order valence-corrected chi connectivity index (χ1v) is 8.20. The van der Waals surface area contributed by atoms with Crippen molar-refractivity contribution in [3.05, 3.63) is 29.3 Å². The third kappa shape index (κ3) is 4.00. The molecule has 0 spiro atoms. The number of carboxylic acids is 1. The number of carbonyl (C=O) groups excluding carboxylic acids is 1. The van der Waals surface area contributed by atoms with Crippen LogP contribution in [0.15, 0.2) is 23.1 Å². The van der Waals surface area contributed by atoms with E-state index in [1.54, 1.807) is 11.8 Å². The molecular formula is C16H21NO3S. The molecule has 1 N–H and O–H groups in total. The predicted molar refractivity (Wildman–Crippen MR) is 83.6 cm³/mol. The number of nitrogens with zero attached hydrogens (tertiary/aromatic N) is 1. The van der Waals surface area contributed by atoms with Crippen LogP contribution >= 0.6 is 11.8 Å². The van der Waals surface area contributed by atoms with Gasteiger partial charge in [-0.05, 0) is 49.9 Å². The van der Waals surface area contributed by atoms with Crippen molar-refractivity contribution in [1.82, 2.24) is 4.90 Å². The number of thioether (sulfide) groups is 1. The van der Waals surface area contributed by atoms with Gasteiger partial charge >= 0.3 is 5.97 Å². The van der Waals surface area contributed by atoms with Gasteiger partial charge in [-0.25, -0.2) is 4.79 Å². The maximum atomic E-state index is 12.1. The van der Waals surface area contributed by atoms with Gasteiger partial charge in [0.15, 0.2) is 0 Å². The first-order valence-electron chi connectivity index (χ1n) is 7.21. The summed E-state index contributed by atoms with van der Waals surface area (Å²) < 4.78 is 0. The van der Waals surface area contributed by atoms with Gasteiger partial charge in [0.25, 0.3) is 0 Å². The molecule has 1 fully saturated rings. The normalized spacial score (nSPS) is 18.0. The lowest BCUT2D eigenvalue weighted by Gasteiger charge is -2.21. The minimum Gasteiger partial charge on any atom is -0.480 e. The Balaban J connectivity index is 1.84. The molecule has 4 nitrogen and oxygen atoms in total. The molecule has 1 aromatic rings. The van der Waals surface area contributed by atoms with Gasteiger partial charge < -0.3 is 10.0 Å². The standard InChI is InChI=1S/C16H21NO3S/c1-11-5-6-13(10-12(11)2)21-9-7-15(18)17-8-3-4-14(17)16(19)20/h5-6,10,14H,3-4,7-9H2,1-2H3,(H,19,20). The van der Waals surface area contributed by atoms with Crippen molar-refractivity contribution >= 4 is 23.6 Å². The first kappa shape index (κ1) is 15.9. The van der Waals surface area contributed by atoms with Gasteiger partial charge in [0.05, 0.1) is 0 Å². The summed E-state index contributed by atoms with van der Waals surface area (Å²) in [7, 11) is 0. The van der Waals surface area contributed by atoms with E-state index in [4.69, 9.17) is 5.11 Å². The Kier molecular flexibility index (Phi) is 5.28. The number of hydrogen-bond donors (Lipinski definition) is 1. The minimum atomic E-state index is -0.886. The van der Waals surface area contributed by atoms with E-state index >= 15 is 0 Å². The van der Waals surface area contributed by atoms with Crippen molar-refractivity contribution in [1.29, 1.82) is 0 Å². The number of likely N-dealkylation sites (tertiary alicyclic amines) is 1. The quantitative estimate of drug-likeness (QED) is 0.850. The van der Waals surface area contributed by atoms with Crippen LogP contribution in [0.5, 0.6) is 0 Å². The van der Waals surface area contributed by atoms with Crippen molar-refractivity contribution in [2.75, 3.05) is 12.3 Å². The van der Waals surface area contributed by atoms with Gasteiger partial charge in [-0.2, -0.15) is 0 Å². The Morgan fingerprint density at radius 2 is 2.10 bits per heavy atom. The average molecular weight is 307 g/mol. The van der Waals surface area contributed by atoms with Gasteiger partial charge in [-0.15, -0.1) is 11.8 Å². The first-order chi connectivity index (χ1) is 9.99. The van der Waals surface area contributed by atoms with E-state index in [1.165, 1.54) is 16.0 Å². The molecule has 2 rings (SSSR count). The van der Waals surface area contributed by atoms with Crippen molar-refractivity contribution in [3.8, 4) is 0 Å². The highest BCUT2D eigenvalue weighted by Gasteiger charge is 2.33. The third-order valence-electron chi connectivity index (χ3n) is 3.92. The largest absolute Gasteiger partial charge is 0.480 e. The summed E-state index contributed by atoms with van der Waals surface area (Å²) in [5, 5.41) is 9.09. The molecule has 1 heterocycles. The Bertz CT molecular complexity index is 544. The number of rotatable bonds is 5. The second kappa shape index (κ2) is 6.98. The van der Waals surface area contributed by atoms with Crippen LogP contribution in [0.25, 0.3) is 0 Å². The molecule has 1 saturated heterocycles. The molecule has 1 aromatic carbocycles. The van der Waals surface area contributed by atoms with Gasteiger partial charge in [-0.1, -0.05) is 6.07 Å². The highest BCUT2D eigenvalue weighted by molar-refractivity contribution is 7.99. The summed E-state index contributed by atoms with van der Waals surface area (Å²) >= 11 is 1.65. The maximum absolute atomic E-state index is 12.1. The number of amides is 1. The van der Waals surface area contributed by atoms with Crippen LogP contribution in [-0.4, -0.2) is 40.2 Å². The smallest absolute Gasteiger partial charge is 0.326 e. The second-order valence-corrected chi connectivity index (χ2v) is 6.60. The molecule has 0 bridgehead atoms. The lowest BCUT2D eigenvalue weighted by molar-refractivity contribution is -0.148. The van der Waals surface area contributed by atoms with E-state index in [0.29, 0.717) is 25.1 Å². The number of aliphatic carboxylic acids is 1. The van der Waals surface area contributed by atoms with E-state index < -0.39 is 12.0 Å². The molecule has 114 valence electrons. The van der Waals surface area contributed by atoms with Gasteiger partial charge in [0.2, 0.25) is 5.91 Å². The fraction of sp³-hybridized carbons (Fsp3) is 0.500. The van der Waals surface area contributed by atoms with Crippen LogP contribution in [0.2, 0.25) is 0 Å². The molecule has 0 aliphatic carbocycles. The number of carbonyl (C=O) groups is 2. The minimum absolute atomic E-state index is 0.0452. The number of aryl methyl sites for hydroxylation is 2. The lowest BCUT2D eigenvalue weighted by Crippen LogP contribution is -2.40. The fourth-order valence-electron chi connectivity index (χ4n) is 2.53. The Morgan fingerprint density at radius 1 is 1.33 bits per heavy atom. The van der Waals surface area contributed by atoms with Crippen LogP contribution < -0.4 is 0 Å². The van der Waals surface area contributed by atoms with Crippen LogP contribution in [0, 0.1) is 13.8 Å². The van der Waals surface area contributed by atoms with E-state index in [1.807, 2.05) is 0 Å². The van der Waals surface area contributed by atoms with Crippen LogP contribution in [-0.2, 0) is 9.59 Å². The van der Waals surface area contributed by atoms with Crippen molar-refractivity contribution in [2.24, 2.45) is 0 Å². The molecule has 5 heteroatoms. The summed E-state index contributed by atoms with van der Waals surface area (Å²) in [6, 6.07) is 5.65. The third-order valence-corrected chi connectivity index (χ3v) is 4.92. The molecule has 1 amide bonds. The Labute approximate surface area is 129 Å². The summed E-state index contributed by atoms with van der Waals surface area (Å²) in [5.41, 5.74) is 2.51. The van der Waals surface area contributed by atoms with Crippen molar-refractivity contribution in [3.63, 3.8) is 0 Å². The second-order valence-electron chi connectivity index (χ2n) is 5.43. The van der Waals surface area contributed by atoms with E-state index in [-0.39, 0.29) is 5.91 Å². The Morgan fingerprint density at radius 3 is 2.76 bits per heavy atom. The van der Waals surface area contributed by atoms with Crippen molar-refractivity contribution in [2.45, 2.75) is 44.0 Å². The molecule has 1 unspecified atom stereocenters. The lowest BCUT2D eigenvalue weighted by atomic mass is 10.1. The topological polar surface area (TPSA) is 57.6 Å². The highest BCUT2D eigenvalue weighted by Crippen LogP contribution is 2.23. The number of hydrogen-bond acceptors (Lipinski definition) is 3. The molecule has 1 aliphatic rings. The van der Waals surface area contributed by atoms with Gasteiger partial charge in [-0.3, -0.25) is 4.79 Å². The zero-order valence-corrected chi connectivity index (χ0v) is 13.3. The molecular weight excluding hydrogens is 286 g/mol. The van der Waals surface area contributed by atoms with E-state index in [0.717, 1.165) is 11.3 Å². The molecule has 0 radical (unpaired) electrons. The van der Waals surface area contributed by atoms with Gasteiger partial charge in [0.1, 0.15) is 6.04 Å². The van der Waals surface area contributed by atoms with Crippen LogP contribution in [0.3, 0.4) is 0 Å². The molecule has 0 saturated carbocycles. The SMILES string of the molecule is Cc1ccc(SCCC(=O)N2CCCC2C(=O)O)cc1C. The van der Waals surface area contributed by atoms with E-state index in [2.05, 4.69) is 32.0 Å². The average Bonchev–Trinajstić information content (AvgIpc) is 2.92. The molecule has 0 aromatic heterocycles. The zero-order valence-electron chi connectivity index (χ0n) is 12.5. The van der Waals surface area contributed by atoms with Crippen LogP contribution in [0.4, 0.5) is 0 Å². The highest BCUT2D eigenvalue weighted by atomic mass is 32.2. The predicted octanol–water partition coefficient (Wildman–Crippen LogP) is 2.86. The van der Waals surface area contributed by atoms with E-state index in [9.17, 15) is 9.59 Å². The number of carboxylic acid groups (broad SMARTS) is 1. The summed E-state index contributed by atoms with van der Waals surface area (Å²) in [4.78, 5) is 25.9. The van der Waals surface area contributed by atoms with Crippen LogP contribution in [0.1, 0.15) is 30.4 Å². The zero-order chi connectivity index (χ0) is 15.4. The van der Waals surface area contributed by atoms with Crippen molar-refractivity contribution < 1.29 is 14.7 Å².